The van der Waals surface area contributed by atoms with Crippen molar-refractivity contribution in [2.24, 2.45) is 0 Å². The molecule has 0 aliphatic rings. The molecule has 0 N–H and O–H groups in total. The van der Waals surface area contributed by atoms with Crippen molar-refractivity contribution in [3.05, 3.63) is 516 Å². The van der Waals surface area contributed by atoms with Crippen molar-refractivity contribution in [3.8, 4) is 28.5 Å². The quantitative estimate of drug-likeness (QED) is 0.0655. The SMILES string of the molecule is c1ccc(-c2nc3c4cc(N(c5ccccc5)c5ccccc5)ccc4c4ccc(N(c5ccccc5)c5ccccc5)cc4c3n2-c2ccc(N(c3ccccc3)c3ccccc3)cc2)cc1.c1ccc(N(c2ccccc2)c2ccc(-c3nc4c5cc(N(c6ccccc6)c6ccccc6)ccc5c5ccc(N(c6ccccc6)c6ccccc6)cc5c4o3)cc2)cc1. The van der Waals surface area contributed by atoms with Crippen LogP contribution in [0.15, 0.2) is 520 Å². The Balaban J connectivity index is 0.000000153. The summed E-state index contributed by atoms with van der Waals surface area (Å²) in [4.78, 5) is 24.9. The summed E-state index contributed by atoms with van der Waals surface area (Å²) in [5, 5.41) is 8.66. The predicted molar refractivity (Wildman–Crippen MR) is 544 cm³/mol. The molecule has 0 saturated heterocycles. The predicted octanol–water partition coefficient (Wildman–Crippen LogP) is 33.6. The van der Waals surface area contributed by atoms with Gasteiger partial charge in [-0.1, -0.05) is 273 Å². The van der Waals surface area contributed by atoms with Crippen LogP contribution in [0.2, 0.25) is 0 Å². The van der Waals surface area contributed by atoms with Crippen molar-refractivity contribution >= 4 is 168 Å². The fraction of sp³-hybridized carbons (Fsp3) is 0. The molecule has 0 aliphatic heterocycles. The minimum Gasteiger partial charge on any atom is -0.435 e. The number of imidazole rings is 1. The van der Waals surface area contributed by atoms with E-state index < -0.39 is 0 Å². The molecule has 10 heteroatoms. The van der Waals surface area contributed by atoms with E-state index in [1.165, 1.54) is 0 Å². The van der Waals surface area contributed by atoms with Gasteiger partial charge >= 0.3 is 0 Å². The largest absolute Gasteiger partial charge is 0.435 e. The number of fused-ring (bicyclic) bond motifs is 12. The zero-order valence-corrected chi connectivity index (χ0v) is 71.0. The summed E-state index contributed by atoms with van der Waals surface area (Å²) < 4.78 is 9.38. The number of hydrogen-bond donors (Lipinski definition) is 0. The first-order valence-corrected chi connectivity index (χ1v) is 43.9. The van der Waals surface area contributed by atoms with Gasteiger partial charge in [-0.25, -0.2) is 9.97 Å². The van der Waals surface area contributed by atoms with E-state index in [0.717, 1.165) is 190 Å². The molecule has 0 saturated carbocycles. The Kier molecular flexibility index (Phi) is 21.2. The van der Waals surface area contributed by atoms with Crippen molar-refractivity contribution in [3.63, 3.8) is 0 Å². The van der Waals surface area contributed by atoms with Crippen molar-refractivity contribution in [2.45, 2.75) is 0 Å². The van der Waals surface area contributed by atoms with Crippen molar-refractivity contribution < 1.29 is 4.42 Å². The first kappa shape index (κ1) is 78.4. The van der Waals surface area contributed by atoms with Gasteiger partial charge in [-0.15, -0.1) is 0 Å². The Morgan fingerprint density at radius 1 is 0.169 bits per heavy atom. The van der Waals surface area contributed by atoms with Crippen LogP contribution in [-0.2, 0) is 0 Å². The molecule has 0 fully saturated rings. The number of nitrogens with zero attached hydrogens (tertiary/aromatic N) is 9. The zero-order chi connectivity index (χ0) is 86.5. The van der Waals surface area contributed by atoms with E-state index in [2.05, 4.69) is 537 Å². The Morgan fingerprint density at radius 3 is 0.692 bits per heavy atom. The third-order valence-corrected chi connectivity index (χ3v) is 24.1. The van der Waals surface area contributed by atoms with Crippen LogP contribution in [0.4, 0.5) is 102 Å². The number of aromatic nitrogens is 3. The maximum atomic E-state index is 7.00. The van der Waals surface area contributed by atoms with Crippen molar-refractivity contribution in [1.82, 2.24) is 14.5 Å². The number of anilines is 18. The molecule has 0 spiro atoms. The highest BCUT2D eigenvalue weighted by Gasteiger charge is 2.28. The fourth-order valence-electron chi connectivity index (χ4n) is 18.2. The van der Waals surface area contributed by atoms with Gasteiger partial charge in [0, 0.05) is 141 Å². The molecule has 0 amide bonds. The monoisotopic (exact) mass is 1670 g/mol. The van der Waals surface area contributed by atoms with Crippen LogP contribution in [-0.4, -0.2) is 14.5 Å². The first-order valence-electron chi connectivity index (χ1n) is 43.9. The maximum Gasteiger partial charge on any atom is 0.227 e. The van der Waals surface area contributed by atoms with E-state index in [1.54, 1.807) is 0 Å². The Hall–Kier alpha value is -17.6. The molecule has 0 bridgehead atoms. The van der Waals surface area contributed by atoms with Gasteiger partial charge in [0.15, 0.2) is 5.58 Å². The lowest BCUT2D eigenvalue weighted by Crippen LogP contribution is -2.10. The normalized spacial score (nSPS) is 11.2. The topological polar surface area (TPSA) is 63.3 Å². The standard InChI is InChI=1S/C63H45N5.C57H40N4O/c1-8-22-46(23-9-1)63-64-61-59-44-55(66(49-28-14-4-15-29-49)50-30-16-5-17-31-50)40-42-57(59)58-43-41-56(67(51-32-18-6-19-33-51)52-34-20-7-21-35-52)45-60(58)62(61)68(63)54-38-36-53(37-39-54)65(47-24-10-2-11-25-47)48-26-12-3-13-27-48;1-7-19-42(20-8-1)59(43-21-9-2-10-22-43)48-33-31-41(32-34-48)57-58-55-53-39-49(60(44-23-11-3-12-24-44)45-25-13-4-14-26-45)35-37-51(53)52-38-36-50(40-54(52)56(55)62-57)61(46-27-15-5-16-28-46)47-29-17-6-18-30-47/h1-45H;1-40H. The van der Waals surface area contributed by atoms with Crippen LogP contribution in [0.25, 0.3) is 93.8 Å². The van der Waals surface area contributed by atoms with Gasteiger partial charge in [-0.2, -0.15) is 0 Å². The first-order chi connectivity index (χ1) is 64.5. The second-order valence-corrected chi connectivity index (χ2v) is 32.1. The summed E-state index contributed by atoms with van der Waals surface area (Å²) in [6.45, 7) is 0. The molecule has 21 aromatic carbocycles. The molecule has 0 unspecified atom stereocenters. The summed E-state index contributed by atoms with van der Waals surface area (Å²) >= 11 is 0. The van der Waals surface area contributed by atoms with Crippen LogP contribution < -0.4 is 29.4 Å². The van der Waals surface area contributed by atoms with Gasteiger partial charge in [0.2, 0.25) is 5.89 Å². The molecule has 0 atom stereocenters. The van der Waals surface area contributed by atoms with Crippen LogP contribution in [0.3, 0.4) is 0 Å². The highest BCUT2D eigenvalue weighted by molar-refractivity contribution is 6.26. The minimum absolute atomic E-state index is 0.563. The zero-order valence-electron chi connectivity index (χ0n) is 71.0. The lowest BCUT2D eigenvalue weighted by molar-refractivity contribution is 0.623. The van der Waals surface area contributed by atoms with Gasteiger partial charge < -0.3 is 33.8 Å². The molecule has 2 heterocycles. The van der Waals surface area contributed by atoms with Crippen LogP contribution >= 0.6 is 0 Å². The third kappa shape index (κ3) is 15.2. The third-order valence-electron chi connectivity index (χ3n) is 24.1. The van der Waals surface area contributed by atoms with Gasteiger partial charge in [0.1, 0.15) is 11.3 Å². The Bertz CT molecular complexity index is 7460. The summed E-state index contributed by atoms with van der Waals surface area (Å²) in [6, 6.07) is 182. The molecule has 616 valence electrons. The van der Waals surface area contributed by atoms with E-state index in [0.29, 0.717) is 5.89 Å². The summed E-state index contributed by atoms with van der Waals surface area (Å²) in [5.74, 6) is 1.43. The maximum absolute atomic E-state index is 7.00. The molecule has 10 nitrogen and oxygen atoms in total. The van der Waals surface area contributed by atoms with E-state index >= 15 is 0 Å². The lowest BCUT2D eigenvalue weighted by Gasteiger charge is -2.27. The number of benzene rings is 21. The van der Waals surface area contributed by atoms with Crippen LogP contribution in [0.5, 0.6) is 0 Å². The molecular formula is C120H85N9O. The van der Waals surface area contributed by atoms with E-state index in [9.17, 15) is 0 Å². The van der Waals surface area contributed by atoms with E-state index in [4.69, 9.17) is 14.4 Å². The van der Waals surface area contributed by atoms with Gasteiger partial charge in [0.25, 0.3) is 0 Å². The molecular weight excluding hydrogens is 1580 g/mol. The molecule has 0 aliphatic carbocycles. The molecule has 130 heavy (non-hydrogen) atoms. The number of para-hydroxylation sites is 12. The number of oxazole rings is 1. The van der Waals surface area contributed by atoms with Crippen molar-refractivity contribution in [2.75, 3.05) is 29.4 Å². The minimum atomic E-state index is 0.563. The highest BCUT2D eigenvalue weighted by atomic mass is 16.3. The Labute approximate surface area is 755 Å². The highest BCUT2D eigenvalue weighted by Crippen LogP contribution is 2.50. The number of hydrogen-bond acceptors (Lipinski definition) is 9. The second kappa shape index (κ2) is 35.2. The summed E-state index contributed by atoms with van der Waals surface area (Å²) in [5.41, 5.74) is 25.7. The van der Waals surface area contributed by atoms with Gasteiger partial charge in [-0.3, -0.25) is 4.57 Å². The van der Waals surface area contributed by atoms with Crippen LogP contribution in [0.1, 0.15) is 0 Å². The van der Waals surface area contributed by atoms with E-state index in [-0.39, 0.29) is 0 Å². The molecule has 23 aromatic rings. The Morgan fingerprint density at radius 2 is 0.392 bits per heavy atom. The molecule has 0 radical (unpaired) electrons. The molecule has 23 rings (SSSR count). The number of rotatable bonds is 21. The lowest BCUT2D eigenvalue weighted by atomic mass is 9.97. The van der Waals surface area contributed by atoms with Gasteiger partial charge in [0.05, 0.1) is 11.0 Å². The van der Waals surface area contributed by atoms with Crippen LogP contribution in [0, 0.1) is 0 Å². The van der Waals surface area contributed by atoms with Crippen molar-refractivity contribution in [1.29, 1.82) is 0 Å². The summed E-state index contributed by atoms with van der Waals surface area (Å²) in [7, 11) is 0. The molecule has 2 aromatic heterocycles. The fourth-order valence-corrected chi connectivity index (χ4v) is 18.2. The average Bonchev–Trinajstić information content (AvgIpc) is 1.53. The smallest absolute Gasteiger partial charge is 0.227 e. The van der Waals surface area contributed by atoms with E-state index in [1.807, 2.05) is 12.1 Å². The van der Waals surface area contributed by atoms with Gasteiger partial charge in [-0.05, 0) is 264 Å². The summed E-state index contributed by atoms with van der Waals surface area (Å²) in [6.07, 6.45) is 0. The second-order valence-electron chi connectivity index (χ2n) is 32.1. The average molecular weight is 1670 g/mol.